The number of carbonyl (C=O) groups excluding carboxylic acids is 1. The SMILES string of the molecule is Cc1ccc(S(=O)(=O)N(CC(=O)N2CCc3ccccc3C2)c2ccc(Cl)cc2C)cc1. The third-order valence-electron chi connectivity index (χ3n) is 5.80. The van der Waals surface area contributed by atoms with Gasteiger partial charge in [0.2, 0.25) is 5.91 Å². The van der Waals surface area contributed by atoms with Crippen molar-refractivity contribution in [2.24, 2.45) is 0 Å². The van der Waals surface area contributed by atoms with Crippen LogP contribution in [0.1, 0.15) is 22.3 Å². The van der Waals surface area contributed by atoms with Crippen LogP contribution in [0.2, 0.25) is 5.02 Å². The Kier molecular flexibility index (Phi) is 6.26. The van der Waals surface area contributed by atoms with Crippen LogP contribution < -0.4 is 4.31 Å². The van der Waals surface area contributed by atoms with E-state index < -0.39 is 10.0 Å². The third-order valence-corrected chi connectivity index (χ3v) is 7.81. The summed E-state index contributed by atoms with van der Waals surface area (Å²) in [6.07, 6.45) is 0.757. The molecule has 32 heavy (non-hydrogen) atoms. The average molecular weight is 469 g/mol. The van der Waals surface area contributed by atoms with E-state index in [4.69, 9.17) is 11.6 Å². The van der Waals surface area contributed by atoms with Gasteiger partial charge in [-0.2, -0.15) is 0 Å². The summed E-state index contributed by atoms with van der Waals surface area (Å²) in [5, 5.41) is 0.512. The molecule has 4 rings (SSSR count). The number of hydrogen-bond donors (Lipinski definition) is 0. The number of fused-ring (bicyclic) bond motifs is 1. The molecule has 0 spiro atoms. The fourth-order valence-corrected chi connectivity index (χ4v) is 5.67. The fraction of sp³-hybridized carbons (Fsp3) is 0.240. The van der Waals surface area contributed by atoms with Crippen molar-refractivity contribution in [1.82, 2.24) is 4.90 Å². The number of halogens is 1. The van der Waals surface area contributed by atoms with Crippen molar-refractivity contribution in [2.45, 2.75) is 31.7 Å². The first-order valence-corrected chi connectivity index (χ1v) is 12.3. The summed E-state index contributed by atoms with van der Waals surface area (Å²) in [5.41, 5.74) is 4.42. The number of rotatable bonds is 5. The molecule has 1 heterocycles. The van der Waals surface area contributed by atoms with Crippen LogP contribution in [-0.2, 0) is 27.8 Å². The Bertz CT molecular complexity index is 1260. The molecule has 1 amide bonds. The quantitative estimate of drug-likeness (QED) is 0.543. The highest BCUT2D eigenvalue weighted by Crippen LogP contribution is 2.29. The first-order chi connectivity index (χ1) is 15.3. The molecule has 0 aliphatic carbocycles. The highest BCUT2D eigenvalue weighted by atomic mass is 35.5. The molecule has 1 aliphatic rings. The summed E-state index contributed by atoms with van der Waals surface area (Å²) < 4.78 is 28.4. The first kappa shape index (κ1) is 22.4. The first-order valence-electron chi connectivity index (χ1n) is 10.5. The van der Waals surface area contributed by atoms with Gasteiger partial charge in [0.15, 0.2) is 0 Å². The standard InChI is InChI=1S/C25H25ClN2O3S/c1-18-7-10-23(11-8-18)32(30,31)28(24-12-9-22(26)15-19(24)2)17-25(29)27-14-13-20-5-3-4-6-21(20)16-27/h3-12,15H,13-14,16-17H2,1-2H3. The average Bonchev–Trinajstić information content (AvgIpc) is 2.77. The minimum absolute atomic E-state index is 0.147. The molecule has 166 valence electrons. The van der Waals surface area contributed by atoms with E-state index in [0.717, 1.165) is 17.5 Å². The van der Waals surface area contributed by atoms with Crippen molar-refractivity contribution in [3.05, 3.63) is 94.0 Å². The minimum Gasteiger partial charge on any atom is -0.336 e. The van der Waals surface area contributed by atoms with Crippen molar-refractivity contribution in [2.75, 3.05) is 17.4 Å². The second-order valence-corrected chi connectivity index (χ2v) is 10.4. The lowest BCUT2D eigenvalue weighted by Crippen LogP contribution is -2.45. The second kappa shape index (κ2) is 8.96. The largest absolute Gasteiger partial charge is 0.336 e. The smallest absolute Gasteiger partial charge is 0.264 e. The zero-order valence-electron chi connectivity index (χ0n) is 18.1. The summed E-state index contributed by atoms with van der Waals surface area (Å²) in [7, 11) is -3.96. The van der Waals surface area contributed by atoms with E-state index in [-0.39, 0.29) is 17.3 Å². The van der Waals surface area contributed by atoms with Gasteiger partial charge < -0.3 is 4.90 Å². The summed E-state index contributed by atoms with van der Waals surface area (Å²) in [5.74, 6) is -0.232. The molecule has 0 fully saturated rings. The van der Waals surface area contributed by atoms with Gasteiger partial charge in [-0.1, -0.05) is 53.6 Å². The van der Waals surface area contributed by atoms with Crippen molar-refractivity contribution in [1.29, 1.82) is 0 Å². The Labute approximate surface area is 194 Å². The third kappa shape index (κ3) is 4.52. The van der Waals surface area contributed by atoms with Gasteiger partial charge in [-0.25, -0.2) is 8.42 Å². The van der Waals surface area contributed by atoms with E-state index >= 15 is 0 Å². The van der Waals surface area contributed by atoms with Gasteiger partial charge >= 0.3 is 0 Å². The second-order valence-electron chi connectivity index (χ2n) is 8.09. The number of amides is 1. The van der Waals surface area contributed by atoms with Crippen LogP contribution in [0, 0.1) is 13.8 Å². The summed E-state index contributed by atoms with van der Waals surface area (Å²) in [6, 6.07) is 19.7. The van der Waals surface area contributed by atoms with Crippen LogP contribution in [0.5, 0.6) is 0 Å². The monoisotopic (exact) mass is 468 g/mol. The Balaban J connectivity index is 1.68. The van der Waals surface area contributed by atoms with Crippen LogP contribution in [0.4, 0.5) is 5.69 Å². The zero-order chi connectivity index (χ0) is 22.9. The van der Waals surface area contributed by atoms with Gasteiger partial charge in [0.05, 0.1) is 10.6 Å². The number of benzene rings is 3. The molecule has 5 nitrogen and oxygen atoms in total. The van der Waals surface area contributed by atoms with Gasteiger partial charge in [0, 0.05) is 18.1 Å². The lowest BCUT2D eigenvalue weighted by molar-refractivity contribution is -0.130. The van der Waals surface area contributed by atoms with E-state index in [2.05, 4.69) is 6.07 Å². The summed E-state index contributed by atoms with van der Waals surface area (Å²) in [6.45, 7) is 4.46. The molecule has 0 aromatic heterocycles. The Hall–Kier alpha value is -2.83. The van der Waals surface area contributed by atoms with Crippen molar-refractivity contribution in [3.63, 3.8) is 0 Å². The molecule has 0 saturated carbocycles. The summed E-state index contributed by atoms with van der Waals surface area (Å²) >= 11 is 6.10. The molecule has 7 heteroatoms. The van der Waals surface area contributed by atoms with Crippen LogP contribution in [-0.4, -0.2) is 32.3 Å². The predicted octanol–water partition coefficient (Wildman–Crippen LogP) is 4.74. The van der Waals surface area contributed by atoms with Gasteiger partial charge in [-0.15, -0.1) is 0 Å². The number of nitrogens with zero attached hydrogens (tertiary/aromatic N) is 2. The van der Waals surface area contributed by atoms with Crippen LogP contribution in [0.3, 0.4) is 0 Å². The lowest BCUT2D eigenvalue weighted by Gasteiger charge is -2.32. The Morgan fingerprint density at radius 2 is 1.69 bits per heavy atom. The van der Waals surface area contributed by atoms with Crippen LogP contribution in [0.25, 0.3) is 0 Å². The van der Waals surface area contributed by atoms with Gasteiger partial charge in [-0.05, 0) is 67.3 Å². The molecule has 0 N–H and O–H groups in total. The fourth-order valence-electron chi connectivity index (χ4n) is 3.97. The molecule has 3 aromatic rings. The minimum atomic E-state index is -3.96. The molecule has 1 aliphatic heterocycles. The Morgan fingerprint density at radius 3 is 2.38 bits per heavy atom. The number of aryl methyl sites for hydroxylation is 2. The molecule has 3 aromatic carbocycles. The van der Waals surface area contributed by atoms with E-state index in [1.807, 2.05) is 25.1 Å². The number of hydrogen-bond acceptors (Lipinski definition) is 3. The van der Waals surface area contributed by atoms with Gasteiger partial charge in [0.1, 0.15) is 6.54 Å². The van der Waals surface area contributed by atoms with Crippen molar-refractivity contribution >= 4 is 33.2 Å². The normalized spacial score (nSPS) is 13.5. The van der Waals surface area contributed by atoms with Crippen LogP contribution >= 0.6 is 11.6 Å². The van der Waals surface area contributed by atoms with Gasteiger partial charge in [0.25, 0.3) is 10.0 Å². The highest BCUT2D eigenvalue weighted by molar-refractivity contribution is 7.92. The van der Waals surface area contributed by atoms with E-state index in [1.165, 1.54) is 9.87 Å². The number of sulfonamides is 1. The Morgan fingerprint density at radius 1 is 1.00 bits per heavy atom. The molecule has 0 unspecified atom stereocenters. The van der Waals surface area contributed by atoms with E-state index in [0.29, 0.717) is 29.4 Å². The lowest BCUT2D eigenvalue weighted by atomic mass is 10.00. The maximum Gasteiger partial charge on any atom is 0.264 e. The number of carbonyl (C=O) groups is 1. The maximum atomic E-state index is 13.6. The molecular formula is C25H25ClN2O3S. The molecule has 0 bridgehead atoms. The summed E-state index contributed by atoms with van der Waals surface area (Å²) in [4.78, 5) is 15.2. The number of anilines is 1. The molecule has 0 atom stereocenters. The predicted molar refractivity (Wildman–Crippen MR) is 127 cm³/mol. The van der Waals surface area contributed by atoms with Crippen molar-refractivity contribution < 1.29 is 13.2 Å². The highest BCUT2D eigenvalue weighted by Gasteiger charge is 2.31. The maximum absolute atomic E-state index is 13.6. The van der Waals surface area contributed by atoms with E-state index in [9.17, 15) is 13.2 Å². The van der Waals surface area contributed by atoms with Crippen molar-refractivity contribution in [3.8, 4) is 0 Å². The zero-order valence-corrected chi connectivity index (χ0v) is 19.7. The van der Waals surface area contributed by atoms with Crippen LogP contribution in [0.15, 0.2) is 71.6 Å². The topological polar surface area (TPSA) is 57.7 Å². The molecule has 0 saturated heterocycles. The molecule has 0 radical (unpaired) electrons. The van der Waals surface area contributed by atoms with E-state index in [1.54, 1.807) is 54.3 Å². The molecular weight excluding hydrogens is 444 g/mol. The van der Waals surface area contributed by atoms with Gasteiger partial charge in [-0.3, -0.25) is 9.10 Å².